The number of rotatable bonds is 4. The van der Waals surface area contributed by atoms with Crippen molar-refractivity contribution in [3.63, 3.8) is 0 Å². The molecule has 1 aromatic heterocycles. The molecule has 1 N–H and O–H groups in total. The molecule has 0 saturated heterocycles. The van der Waals surface area contributed by atoms with Crippen LogP contribution >= 0.6 is 0 Å². The van der Waals surface area contributed by atoms with Crippen LogP contribution in [0.15, 0.2) is 24.3 Å². The summed E-state index contributed by atoms with van der Waals surface area (Å²) in [5.41, 5.74) is 4.76. The van der Waals surface area contributed by atoms with E-state index in [1.54, 1.807) is 7.11 Å². The van der Waals surface area contributed by atoms with Crippen LogP contribution in [0.2, 0.25) is 0 Å². The second kappa shape index (κ2) is 6.22. The third kappa shape index (κ3) is 2.90. The number of benzene rings is 1. The van der Waals surface area contributed by atoms with Gasteiger partial charge in [-0.1, -0.05) is 13.3 Å². The van der Waals surface area contributed by atoms with E-state index < -0.39 is 0 Å². The molecule has 0 amide bonds. The average molecular weight is 283 g/mol. The molecular formula is C17H21N3O. The molecule has 4 nitrogen and oxygen atoms in total. The normalized spacial score (nSPS) is 13.8. The summed E-state index contributed by atoms with van der Waals surface area (Å²) in [7, 11) is 1.68. The molecule has 1 aromatic carbocycles. The quantitative estimate of drug-likeness (QED) is 0.937. The van der Waals surface area contributed by atoms with Gasteiger partial charge < -0.3 is 10.1 Å². The standard InChI is InChI=1S/C17H21N3O/c1-3-4-15-14-11-18-10-9-16(14)20-17(19-15)12-5-7-13(21-2)8-6-12/h5-8,18H,3-4,9-11H2,1-2H3. The third-order valence-corrected chi connectivity index (χ3v) is 3.85. The first-order chi connectivity index (χ1) is 10.3. The Kier molecular flexibility index (Phi) is 4.15. The summed E-state index contributed by atoms with van der Waals surface area (Å²) in [6, 6.07) is 7.97. The zero-order chi connectivity index (χ0) is 14.7. The van der Waals surface area contributed by atoms with Gasteiger partial charge in [0.2, 0.25) is 0 Å². The van der Waals surface area contributed by atoms with Crippen molar-refractivity contribution < 1.29 is 4.74 Å². The molecule has 0 saturated carbocycles. The summed E-state index contributed by atoms with van der Waals surface area (Å²) in [5.74, 6) is 1.69. The predicted molar refractivity (Wildman–Crippen MR) is 83.4 cm³/mol. The third-order valence-electron chi connectivity index (χ3n) is 3.85. The molecule has 0 aliphatic carbocycles. The van der Waals surface area contributed by atoms with Crippen molar-refractivity contribution in [3.8, 4) is 17.1 Å². The second-order valence-corrected chi connectivity index (χ2v) is 5.32. The summed E-state index contributed by atoms with van der Waals surface area (Å²) in [6.45, 7) is 4.09. The number of fused-ring (bicyclic) bond motifs is 1. The Bertz CT molecular complexity index is 623. The molecule has 3 rings (SSSR count). The Hall–Kier alpha value is -1.94. The fourth-order valence-corrected chi connectivity index (χ4v) is 2.73. The molecular weight excluding hydrogens is 262 g/mol. The van der Waals surface area contributed by atoms with Gasteiger partial charge in [-0.2, -0.15) is 0 Å². The first kappa shape index (κ1) is 14.0. The van der Waals surface area contributed by atoms with Crippen molar-refractivity contribution in [3.05, 3.63) is 41.2 Å². The number of methoxy groups -OCH3 is 1. The van der Waals surface area contributed by atoms with Crippen LogP contribution in [0.3, 0.4) is 0 Å². The van der Waals surface area contributed by atoms with E-state index in [4.69, 9.17) is 14.7 Å². The molecule has 0 atom stereocenters. The van der Waals surface area contributed by atoms with Crippen molar-refractivity contribution in [1.29, 1.82) is 0 Å². The van der Waals surface area contributed by atoms with Crippen LogP contribution in [0, 0.1) is 0 Å². The molecule has 110 valence electrons. The molecule has 0 bridgehead atoms. The minimum absolute atomic E-state index is 0.835. The maximum absolute atomic E-state index is 5.21. The number of ether oxygens (including phenoxy) is 1. The summed E-state index contributed by atoms with van der Waals surface area (Å²) in [5, 5.41) is 3.42. The lowest BCUT2D eigenvalue weighted by molar-refractivity contribution is 0.415. The van der Waals surface area contributed by atoms with Crippen LogP contribution in [0.5, 0.6) is 5.75 Å². The van der Waals surface area contributed by atoms with Gasteiger partial charge in [0.1, 0.15) is 5.75 Å². The Morgan fingerprint density at radius 1 is 1.19 bits per heavy atom. The van der Waals surface area contributed by atoms with E-state index in [2.05, 4.69) is 12.2 Å². The second-order valence-electron chi connectivity index (χ2n) is 5.32. The molecule has 0 unspecified atom stereocenters. The van der Waals surface area contributed by atoms with Crippen LogP contribution in [-0.4, -0.2) is 23.6 Å². The van der Waals surface area contributed by atoms with E-state index in [1.807, 2.05) is 24.3 Å². The lowest BCUT2D eigenvalue weighted by Crippen LogP contribution is -2.26. The largest absolute Gasteiger partial charge is 0.497 e. The smallest absolute Gasteiger partial charge is 0.159 e. The fraction of sp³-hybridized carbons (Fsp3) is 0.412. The first-order valence-electron chi connectivity index (χ1n) is 7.55. The summed E-state index contributed by atoms with van der Waals surface area (Å²) < 4.78 is 5.21. The van der Waals surface area contributed by atoms with Crippen LogP contribution in [0.4, 0.5) is 0 Å². The maximum Gasteiger partial charge on any atom is 0.159 e. The minimum Gasteiger partial charge on any atom is -0.497 e. The van der Waals surface area contributed by atoms with Crippen molar-refractivity contribution in [2.75, 3.05) is 13.7 Å². The highest BCUT2D eigenvalue weighted by Gasteiger charge is 2.17. The van der Waals surface area contributed by atoms with Crippen LogP contribution in [0.25, 0.3) is 11.4 Å². The highest BCUT2D eigenvalue weighted by molar-refractivity contribution is 5.57. The number of nitrogens with one attached hydrogen (secondary N) is 1. The molecule has 21 heavy (non-hydrogen) atoms. The number of nitrogens with zero attached hydrogens (tertiary/aromatic N) is 2. The van der Waals surface area contributed by atoms with Gasteiger partial charge in [0.05, 0.1) is 12.8 Å². The topological polar surface area (TPSA) is 47.0 Å². The van der Waals surface area contributed by atoms with Crippen molar-refractivity contribution in [2.24, 2.45) is 0 Å². The fourth-order valence-electron chi connectivity index (χ4n) is 2.73. The molecule has 4 heteroatoms. The van der Waals surface area contributed by atoms with Gasteiger partial charge in [0, 0.05) is 36.3 Å². The number of aromatic nitrogens is 2. The molecule has 2 aromatic rings. The molecule has 0 fully saturated rings. The average Bonchev–Trinajstić information content (AvgIpc) is 2.55. The van der Waals surface area contributed by atoms with Crippen LogP contribution < -0.4 is 10.1 Å². The van der Waals surface area contributed by atoms with Gasteiger partial charge in [-0.05, 0) is 30.7 Å². The Morgan fingerprint density at radius 2 is 2.00 bits per heavy atom. The number of aryl methyl sites for hydroxylation is 1. The van der Waals surface area contributed by atoms with E-state index in [0.29, 0.717) is 0 Å². The van der Waals surface area contributed by atoms with Crippen molar-refractivity contribution >= 4 is 0 Å². The van der Waals surface area contributed by atoms with Gasteiger partial charge >= 0.3 is 0 Å². The number of hydrogen-bond donors (Lipinski definition) is 1. The van der Waals surface area contributed by atoms with Crippen molar-refractivity contribution in [1.82, 2.24) is 15.3 Å². The van der Waals surface area contributed by atoms with Gasteiger partial charge in [-0.25, -0.2) is 9.97 Å². The molecule has 0 spiro atoms. The highest BCUT2D eigenvalue weighted by Crippen LogP contribution is 2.24. The zero-order valence-corrected chi connectivity index (χ0v) is 12.6. The van der Waals surface area contributed by atoms with Gasteiger partial charge in [-0.15, -0.1) is 0 Å². The zero-order valence-electron chi connectivity index (χ0n) is 12.6. The Labute approximate surface area is 125 Å². The van der Waals surface area contributed by atoms with Gasteiger partial charge in [0.25, 0.3) is 0 Å². The van der Waals surface area contributed by atoms with Gasteiger partial charge in [-0.3, -0.25) is 0 Å². The molecule has 2 heterocycles. The summed E-state index contributed by atoms with van der Waals surface area (Å²) >= 11 is 0. The molecule has 1 aliphatic heterocycles. The molecule has 1 aliphatic rings. The monoisotopic (exact) mass is 283 g/mol. The molecule has 0 radical (unpaired) electrons. The first-order valence-corrected chi connectivity index (χ1v) is 7.55. The Balaban J connectivity index is 2.03. The summed E-state index contributed by atoms with van der Waals surface area (Å²) in [6.07, 6.45) is 3.10. The van der Waals surface area contributed by atoms with E-state index in [0.717, 1.165) is 49.5 Å². The lowest BCUT2D eigenvalue weighted by Gasteiger charge is -2.20. The van der Waals surface area contributed by atoms with Crippen LogP contribution in [0.1, 0.15) is 30.3 Å². The highest BCUT2D eigenvalue weighted by atomic mass is 16.5. The van der Waals surface area contributed by atoms with Crippen LogP contribution in [-0.2, 0) is 19.4 Å². The van der Waals surface area contributed by atoms with E-state index in [1.165, 1.54) is 17.0 Å². The minimum atomic E-state index is 0.835. The van der Waals surface area contributed by atoms with Crippen molar-refractivity contribution in [2.45, 2.75) is 32.7 Å². The predicted octanol–water partition coefficient (Wildman–Crippen LogP) is 2.75. The SMILES string of the molecule is CCCc1nc(-c2ccc(OC)cc2)nc2c1CNCC2. The maximum atomic E-state index is 5.21. The van der Waals surface area contributed by atoms with E-state index in [-0.39, 0.29) is 0 Å². The Morgan fingerprint density at radius 3 is 2.71 bits per heavy atom. The van der Waals surface area contributed by atoms with E-state index in [9.17, 15) is 0 Å². The number of hydrogen-bond acceptors (Lipinski definition) is 4. The van der Waals surface area contributed by atoms with E-state index >= 15 is 0 Å². The van der Waals surface area contributed by atoms with Gasteiger partial charge in [0.15, 0.2) is 5.82 Å². The summed E-state index contributed by atoms with van der Waals surface area (Å²) in [4.78, 5) is 9.60. The lowest BCUT2D eigenvalue weighted by atomic mass is 10.0.